The van der Waals surface area contributed by atoms with Gasteiger partial charge in [0.1, 0.15) is 11.9 Å². The Kier molecular flexibility index (Phi) is 4.38. The van der Waals surface area contributed by atoms with Gasteiger partial charge in [-0.25, -0.2) is 4.39 Å². The van der Waals surface area contributed by atoms with E-state index in [9.17, 15) is 4.39 Å². The topological polar surface area (TPSA) is 12.5 Å². The molecule has 126 valence electrons. The van der Waals surface area contributed by atoms with E-state index in [1.54, 1.807) is 0 Å². The average Bonchev–Trinajstić information content (AvgIpc) is 2.83. The maximum Gasteiger partial charge on any atom is 0.123 e. The van der Waals surface area contributed by atoms with E-state index in [1.807, 2.05) is 30.3 Å². The number of fused-ring (bicyclic) bond motifs is 2. The van der Waals surface area contributed by atoms with Crippen LogP contribution in [0.1, 0.15) is 42.9 Å². The number of hydrogen-bond donors (Lipinski definition) is 0. The van der Waals surface area contributed by atoms with Crippen LogP contribution in [0, 0.1) is 5.82 Å². The van der Waals surface area contributed by atoms with Crippen LogP contribution in [0.5, 0.6) is 0 Å². The molecule has 0 spiro atoms. The molecular formula is C21H24FNO. The van der Waals surface area contributed by atoms with E-state index in [-0.39, 0.29) is 18.0 Å². The molecule has 2 aromatic rings. The van der Waals surface area contributed by atoms with E-state index in [2.05, 4.69) is 24.1 Å². The molecule has 2 fully saturated rings. The standard InChI is InChI=1S/C21H24FNO/c1-23-18-11-12-19(23)14-20(13-18)24-21(15-5-3-2-4-6-15)16-7-9-17(22)10-8-16/h2-10,18-21H,11-14H2,1H3/t18-,19+,20?,21?. The van der Waals surface area contributed by atoms with Gasteiger partial charge >= 0.3 is 0 Å². The van der Waals surface area contributed by atoms with Gasteiger partial charge in [0.2, 0.25) is 0 Å². The lowest BCUT2D eigenvalue weighted by molar-refractivity contribution is -0.0426. The SMILES string of the molecule is CN1[C@@H]2CC[C@H]1CC(OC(c1ccccc1)c1ccc(F)cc1)C2. The Hall–Kier alpha value is -1.71. The van der Waals surface area contributed by atoms with Crippen molar-refractivity contribution >= 4 is 0 Å². The highest BCUT2D eigenvalue weighted by Gasteiger charge is 2.39. The molecule has 2 nitrogen and oxygen atoms in total. The highest BCUT2D eigenvalue weighted by Crippen LogP contribution is 2.38. The van der Waals surface area contributed by atoms with Crippen LogP contribution >= 0.6 is 0 Å². The minimum absolute atomic E-state index is 0.125. The number of ether oxygens (including phenoxy) is 1. The lowest BCUT2D eigenvalue weighted by Crippen LogP contribution is -2.43. The van der Waals surface area contributed by atoms with Crippen molar-refractivity contribution in [3.63, 3.8) is 0 Å². The van der Waals surface area contributed by atoms with Gasteiger partial charge in [-0.1, -0.05) is 42.5 Å². The van der Waals surface area contributed by atoms with Gasteiger partial charge in [-0.05, 0) is 56.0 Å². The first-order valence-electron chi connectivity index (χ1n) is 8.88. The number of rotatable bonds is 4. The molecule has 3 heteroatoms. The number of nitrogens with zero attached hydrogens (tertiary/aromatic N) is 1. The third-order valence-corrected chi connectivity index (χ3v) is 5.66. The summed E-state index contributed by atoms with van der Waals surface area (Å²) in [5.74, 6) is -0.206. The molecule has 2 unspecified atom stereocenters. The molecule has 2 heterocycles. The summed E-state index contributed by atoms with van der Waals surface area (Å²) in [5, 5.41) is 0. The molecule has 4 atom stereocenters. The van der Waals surface area contributed by atoms with Crippen molar-refractivity contribution in [3.05, 3.63) is 71.5 Å². The summed E-state index contributed by atoms with van der Waals surface area (Å²) in [7, 11) is 2.24. The Morgan fingerprint density at radius 1 is 0.917 bits per heavy atom. The van der Waals surface area contributed by atoms with E-state index in [1.165, 1.54) is 25.0 Å². The van der Waals surface area contributed by atoms with Gasteiger partial charge in [-0.15, -0.1) is 0 Å². The lowest BCUT2D eigenvalue weighted by atomic mass is 9.97. The van der Waals surface area contributed by atoms with Crippen molar-refractivity contribution in [2.75, 3.05) is 7.05 Å². The molecule has 0 radical (unpaired) electrons. The fourth-order valence-corrected chi connectivity index (χ4v) is 4.28. The third kappa shape index (κ3) is 3.11. The van der Waals surface area contributed by atoms with Gasteiger partial charge in [-0.2, -0.15) is 0 Å². The zero-order valence-corrected chi connectivity index (χ0v) is 14.1. The number of hydrogen-bond acceptors (Lipinski definition) is 2. The molecule has 0 aromatic heterocycles. The van der Waals surface area contributed by atoms with E-state index >= 15 is 0 Å². The van der Waals surface area contributed by atoms with Crippen molar-refractivity contribution in [2.45, 2.75) is 50.0 Å². The minimum Gasteiger partial charge on any atom is -0.365 e. The van der Waals surface area contributed by atoms with Crippen molar-refractivity contribution in [3.8, 4) is 0 Å². The Morgan fingerprint density at radius 3 is 2.12 bits per heavy atom. The molecule has 2 bridgehead atoms. The van der Waals surface area contributed by atoms with Gasteiger partial charge in [0.25, 0.3) is 0 Å². The average molecular weight is 325 g/mol. The molecule has 0 N–H and O–H groups in total. The highest BCUT2D eigenvalue weighted by molar-refractivity contribution is 5.30. The maximum atomic E-state index is 13.3. The van der Waals surface area contributed by atoms with Crippen LogP contribution in [0.3, 0.4) is 0 Å². The summed E-state index contributed by atoms with van der Waals surface area (Å²) >= 11 is 0. The molecule has 0 amide bonds. The van der Waals surface area contributed by atoms with Crippen molar-refractivity contribution < 1.29 is 9.13 Å². The second-order valence-electron chi connectivity index (χ2n) is 7.12. The maximum absolute atomic E-state index is 13.3. The zero-order chi connectivity index (χ0) is 16.5. The third-order valence-electron chi connectivity index (χ3n) is 5.66. The van der Waals surface area contributed by atoms with Crippen LogP contribution in [-0.4, -0.2) is 30.1 Å². The molecule has 2 aliphatic heterocycles. The van der Waals surface area contributed by atoms with Crippen LogP contribution in [0.2, 0.25) is 0 Å². The van der Waals surface area contributed by atoms with Gasteiger partial charge in [0, 0.05) is 12.1 Å². The Bertz CT molecular complexity index is 658. The lowest BCUT2D eigenvalue weighted by Gasteiger charge is -2.38. The molecule has 0 aliphatic carbocycles. The van der Waals surface area contributed by atoms with Crippen LogP contribution in [0.4, 0.5) is 4.39 Å². The largest absolute Gasteiger partial charge is 0.365 e. The monoisotopic (exact) mass is 325 g/mol. The minimum atomic E-state index is -0.206. The summed E-state index contributed by atoms with van der Waals surface area (Å²) in [6.07, 6.45) is 4.91. The molecule has 2 aliphatic rings. The molecule has 0 saturated carbocycles. The Labute approximate surface area is 143 Å². The first-order chi connectivity index (χ1) is 11.7. The molecule has 24 heavy (non-hydrogen) atoms. The quantitative estimate of drug-likeness (QED) is 0.817. The van der Waals surface area contributed by atoms with Crippen molar-refractivity contribution in [2.24, 2.45) is 0 Å². The van der Waals surface area contributed by atoms with Crippen LogP contribution in [0.15, 0.2) is 54.6 Å². The fourth-order valence-electron chi connectivity index (χ4n) is 4.28. The van der Waals surface area contributed by atoms with Crippen LogP contribution in [0.25, 0.3) is 0 Å². The van der Waals surface area contributed by atoms with Gasteiger partial charge < -0.3 is 9.64 Å². The van der Waals surface area contributed by atoms with Gasteiger partial charge in [0.15, 0.2) is 0 Å². The van der Waals surface area contributed by atoms with E-state index < -0.39 is 0 Å². The second-order valence-corrected chi connectivity index (χ2v) is 7.12. The summed E-state index contributed by atoms with van der Waals surface area (Å²) in [6.45, 7) is 0. The van der Waals surface area contributed by atoms with Crippen LogP contribution < -0.4 is 0 Å². The summed E-state index contributed by atoms with van der Waals surface area (Å²) in [6, 6.07) is 18.3. The Balaban J connectivity index is 1.58. The summed E-state index contributed by atoms with van der Waals surface area (Å²) in [4.78, 5) is 2.52. The highest BCUT2D eigenvalue weighted by atomic mass is 19.1. The summed E-state index contributed by atoms with van der Waals surface area (Å²) < 4.78 is 19.9. The first kappa shape index (κ1) is 15.8. The fraction of sp³-hybridized carbons (Fsp3) is 0.429. The smallest absolute Gasteiger partial charge is 0.123 e. The molecule has 2 aromatic carbocycles. The van der Waals surface area contributed by atoms with E-state index in [4.69, 9.17) is 4.74 Å². The van der Waals surface area contributed by atoms with Gasteiger partial charge in [0.05, 0.1) is 6.10 Å². The van der Waals surface area contributed by atoms with Crippen molar-refractivity contribution in [1.29, 1.82) is 0 Å². The second kappa shape index (κ2) is 6.66. The van der Waals surface area contributed by atoms with Crippen LogP contribution in [-0.2, 0) is 4.74 Å². The molecule has 4 rings (SSSR count). The van der Waals surface area contributed by atoms with E-state index in [0.29, 0.717) is 12.1 Å². The molecule has 2 saturated heterocycles. The number of piperidine rings is 1. The first-order valence-corrected chi connectivity index (χ1v) is 8.88. The summed E-state index contributed by atoms with van der Waals surface area (Å²) in [5.41, 5.74) is 2.16. The number of halogens is 1. The zero-order valence-electron chi connectivity index (χ0n) is 14.1. The Morgan fingerprint density at radius 2 is 1.50 bits per heavy atom. The predicted octanol–water partition coefficient (Wildman–Crippen LogP) is 4.56. The predicted molar refractivity (Wildman–Crippen MR) is 93.4 cm³/mol. The normalized spacial score (nSPS) is 28.0. The van der Waals surface area contributed by atoms with Crippen molar-refractivity contribution in [1.82, 2.24) is 4.90 Å². The van der Waals surface area contributed by atoms with Gasteiger partial charge in [-0.3, -0.25) is 0 Å². The van der Waals surface area contributed by atoms with E-state index in [0.717, 1.165) is 24.0 Å². The number of benzene rings is 2. The molecular weight excluding hydrogens is 301 g/mol.